The van der Waals surface area contributed by atoms with Gasteiger partial charge in [-0.3, -0.25) is 0 Å². The first-order valence-corrected chi connectivity index (χ1v) is 7.16. The lowest BCUT2D eigenvalue weighted by Gasteiger charge is -2.09. The largest absolute Gasteiger partial charge is 0.464 e. The molecule has 0 fully saturated rings. The van der Waals surface area contributed by atoms with E-state index in [0.717, 1.165) is 0 Å². The monoisotopic (exact) mass is 356 g/mol. The topological polar surface area (TPSA) is 69.2 Å². The van der Waals surface area contributed by atoms with Crippen LogP contribution in [-0.4, -0.2) is 28.1 Å². The molecule has 8 heteroatoms. The van der Waals surface area contributed by atoms with Gasteiger partial charge < -0.3 is 14.8 Å². The highest BCUT2D eigenvalue weighted by molar-refractivity contribution is 9.10. The first-order valence-electron chi connectivity index (χ1n) is 6.37. The Morgan fingerprint density at radius 1 is 1.14 bits per heavy atom. The number of benzene rings is 1. The molecule has 21 heavy (non-hydrogen) atoms. The number of halogens is 2. The van der Waals surface area contributed by atoms with Crippen molar-refractivity contribution in [1.82, 2.24) is 15.0 Å². The van der Waals surface area contributed by atoms with Crippen molar-refractivity contribution in [3.8, 4) is 17.8 Å². The SMILES string of the molecule is CCNc1nc(OCC)nc(Oc2cc(F)cc(Br)c2)n1. The molecule has 0 unspecified atom stereocenters. The van der Waals surface area contributed by atoms with E-state index in [1.54, 1.807) is 6.07 Å². The third kappa shape index (κ3) is 4.52. The highest BCUT2D eigenvalue weighted by atomic mass is 79.9. The van der Waals surface area contributed by atoms with Crippen molar-refractivity contribution in [2.45, 2.75) is 13.8 Å². The van der Waals surface area contributed by atoms with Gasteiger partial charge in [-0.1, -0.05) is 15.9 Å². The molecule has 0 amide bonds. The maximum absolute atomic E-state index is 13.3. The molecule has 0 radical (unpaired) electrons. The number of rotatable bonds is 6. The van der Waals surface area contributed by atoms with E-state index in [4.69, 9.17) is 9.47 Å². The number of nitrogens with zero attached hydrogens (tertiary/aromatic N) is 3. The number of aromatic nitrogens is 3. The van der Waals surface area contributed by atoms with Crippen molar-refractivity contribution in [3.63, 3.8) is 0 Å². The Bertz CT molecular complexity index is 583. The lowest BCUT2D eigenvalue weighted by atomic mass is 10.3. The van der Waals surface area contributed by atoms with Crippen molar-refractivity contribution in [1.29, 1.82) is 0 Å². The summed E-state index contributed by atoms with van der Waals surface area (Å²) in [7, 11) is 0. The summed E-state index contributed by atoms with van der Waals surface area (Å²) in [5.41, 5.74) is 0. The van der Waals surface area contributed by atoms with Gasteiger partial charge in [0.15, 0.2) is 0 Å². The third-order valence-electron chi connectivity index (χ3n) is 2.25. The molecule has 0 aliphatic carbocycles. The fraction of sp³-hybridized carbons (Fsp3) is 0.308. The molecule has 0 spiro atoms. The van der Waals surface area contributed by atoms with Gasteiger partial charge in [0.25, 0.3) is 0 Å². The van der Waals surface area contributed by atoms with Crippen LogP contribution in [0.3, 0.4) is 0 Å². The van der Waals surface area contributed by atoms with Gasteiger partial charge in [0.1, 0.15) is 11.6 Å². The van der Waals surface area contributed by atoms with Crippen LogP contribution in [0.4, 0.5) is 10.3 Å². The summed E-state index contributed by atoms with van der Waals surface area (Å²) in [6, 6.07) is 4.36. The summed E-state index contributed by atoms with van der Waals surface area (Å²) in [5.74, 6) is 0.185. The Hall–Kier alpha value is -1.96. The minimum absolute atomic E-state index is 0.0295. The van der Waals surface area contributed by atoms with Gasteiger partial charge in [0, 0.05) is 17.1 Å². The first kappa shape index (κ1) is 15.4. The Kier molecular flexibility index (Phi) is 5.26. The normalized spacial score (nSPS) is 10.3. The second kappa shape index (κ2) is 7.16. The summed E-state index contributed by atoms with van der Waals surface area (Å²) in [6.45, 7) is 4.79. The lowest BCUT2D eigenvalue weighted by Crippen LogP contribution is -2.07. The van der Waals surface area contributed by atoms with E-state index in [1.807, 2.05) is 13.8 Å². The highest BCUT2D eigenvalue weighted by Gasteiger charge is 2.10. The molecule has 0 atom stereocenters. The molecule has 0 aliphatic rings. The molecule has 0 aliphatic heterocycles. The standard InChI is InChI=1S/C13H14BrFN4O2/c1-3-16-11-17-12(20-4-2)19-13(18-11)21-10-6-8(14)5-9(15)7-10/h5-7H,3-4H2,1-2H3,(H,16,17,18,19). The summed E-state index contributed by atoms with van der Waals surface area (Å²) in [4.78, 5) is 12.2. The maximum Gasteiger partial charge on any atom is 0.330 e. The van der Waals surface area contributed by atoms with Crippen LogP contribution in [0.5, 0.6) is 17.8 Å². The molecule has 2 aromatic rings. The number of nitrogens with one attached hydrogen (secondary N) is 1. The molecular weight excluding hydrogens is 343 g/mol. The van der Waals surface area contributed by atoms with Gasteiger partial charge in [0.2, 0.25) is 5.95 Å². The number of anilines is 1. The molecule has 1 aromatic heterocycles. The Labute approximate surface area is 129 Å². The van der Waals surface area contributed by atoms with Crippen LogP contribution >= 0.6 is 15.9 Å². The fourth-order valence-corrected chi connectivity index (χ4v) is 1.95. The molecular formula is C13H14BrFN4O2. The highest BCUT2D eigenvalue weighted by Crippen LogP contribution is 2.25. The van der Waals surface area contributed by atoms with E-state index in [-0.39, 0.29) is 17.8 Å². The van der Waals surface area contributed by atoms with Crippen molar-refractivity contribution in [2.75, 3.05) is 18.5 Å². The van der Waals surface area contributed by atoms with Crippen LogP contribution < -0.4 is 14.8 Å². The van der Waals surface area contributed by atoms with Gasteiger partial charge >= 0.3 is 12.0 Å². The predicted molar refractivity (Wildman–Crippen MR) is 79.3 cm³/mol. The number of ether oxygens (including phenoxy) is 2. The summed E-state index contributed by atoms with van der Waals surface area (Å²) < 4.78 is 24.6. The smallest absolute Gasteiger partial charge is 0.330 e. The van der Waals surface area contributed by atoms with Crippen molar-refractivity contribution >= 4 is 21.9 Å². The summed E-state index contributed by atoms with van der Waals surface area (Å²) >= 11 is 3.19. The Morgan fingerprint density at radius 2 is 1.90 bits per heavy atom. The van der Waals surface area contributed by atoms with Crippen molar-refractivity contribution in [2.24, 2.45) is 0 Å². The number of hydrogen-bond donors (Lipinski definition) is 1. The fourth-order valence-electron chi connectivity index (χ4n) is 1.51. The van der Waals surface area contributed by atoms with Crippen LogP contribution in [0.1, 0.15) is 13.8 Å². The van der Waals surface area contributed by atoms with Gasteiger partial charge in [-0.2, -0.15) is 9.97 Å². The molecule has 2 rings (SSSR count). The van der Waals surface area contributed by atoms with Gasteiger partial charge in [-0.05, 0) is 26.0 Å². The first-order chi connectivity index (χ1) is 10.1. The van der Waals surface area contributed by atoms with E-state index in [2.05, 4.69) is 36.2 Å². The van der Waals surface area contributed by atoms with E-state index < -0.39 is 5.82 Å². The zero-order chi connectivity index (χ0) is 15.2. The van der Waals surface area contributed by atoms with E-state index in [9.17, 15) is 4.39 Å². The minimum Gasteiger partial charge on any atom is -0.464 e. The average molecular weight is 357 g/mol. The van der Waals surface area contributed by atoms with Crippen LogP contribution in [0, 0.1) is 5.82 Å². The van der Waals surface area contributed by atoms with Crippen LogP contribution in [-0.2, 0) is 0 Å². The van der Waals surface area contributed by atoms with Crippen molar-refractivity contribution < 1.29 is 13.9 Å². The molecule has 1 heterocycles. The average Bonchev–Trinajstić information content (AvgIpc) is 2.37. The quantitative estimate of drug-likeness (QED) is 0.855. The molecule has 0 saturated carbocycles. The van der Waals surface area contributed by atoms with Gasteiger partial charge in [-0.25, -0.2) is 4.39 Å². The molecule has 1 N–H and O–H groups in total. The summed E-state index contributed by atoms with van der Waals surface area (Å²) in [5, 5.41) is 2.95. The van der Waals surface area contributed by atoms with Crippen LogP contribution in [0.2, 0.25) is 0 Å². The predicted octanol–water partition coefficient (Wildman–Crippen LogP) is 3.40. The zero-order valence-corrected chi connectivity index (χ0v) is 13.1. The summed E-state index contributed by atoms with van der Waals surface area (Å²) in [6.07, 6.45) is 0. The minimum atomic E-state index is -0.426. The van der Waals surface area contributed by atoms with Crippen LogP contribution in [0.15, 0.2) is 22.7 Å². The van der Waals surface area contributed by atoms with E-state index in [1.165, 1.54) is 12.1 Å². The maximum atomic E-state index is 13.3. The molecule has 1 aromatic carbocycles. The van der Waals surface area contributed by atoms with E-state index in [0.29, 0.717) is 23.6 Å². The third-order valence-corrected chi connectivity index (χ3v) is 2.71. The second-order valence-electron chi connectivity index (χ2n) is 3.89. The van der Waals surface area contributed by atoms with Crippen LogP contribution in [0.25, 0.3) is 0 Å². The molecule has 6 nitrogen and oxygen atoms in total. The molecule has 0 saturated heterocycles. The van der Waals surface area contributed by atoms with Gasteiger partial charge in [-0.15, -0.1) is 4.98 Å². The van der Waals surface area contributed by atoms with E-state index >= 15 is 0 Å². The zero-order valence-electron chi connectivity index (χ0n) is 11.6. The Morgan fingerprint density at radius 3 is 2.57 bits per heavy atom. The molecule has 0 bridgehead atoms. The molecule has 112 valence electrons. The Balaban J connectivity index is 2.28. The van der Waals surface area contributed by atoms with Crippen molar-refractivity contribution in [3.05, 3.63) is 28.5 Å². The number of hydrogen-bond acceptors (Lipinski definition) is 6. The second-order valence-corrected chi connectivity index (χ2v) is 4.81. The lowest BCUT2D eigenvalue weighted by molar-refractivity contribution is 0.303. The van der Waals surface area contributed by atoms with Gasteiger partial charge in [0.05, 0.1) is 6.61 Å².